The minimum Gasteiger partial charge on any atom is -0.309 e. The van der Waals surface area contributed by atoms with E-state index in [1.54, 1.807) is 11.8 Å². The van der Waals surface area contributed by atoms with Crippen LogP contribution in [0.3, 0.4) is 0 Å². The maximum absolute atomic E-state index is 12.1. The molecular weight excluding hydrogens is 228 g/mol. The number of imide groups is 1. The van der Waals surface area contributed by atoms with Crippen LogP contribution < -0.4 is 5.32 Å². The fourth-order valence-corrected chi connectivity index (χ4v) is 3.02. The number of amides is 3. The monoisotopic (exact) mass is 248 g/mol. The van der Waals surface area contributed by atoms with Crippen LogP contribution in [0.4, 0.5) is 4.79 Å². The zero-order valence-electron chi connectivity index (χ0n) is 10.9. The molecule has 1 aliphatic carbocycles. The largest absolute Gasteiger partial charge is 0.325 e. The lowest BCUT2D eigenvalue weighted by Gasteiger charge is -2.34. The molecule has 2 fully saturated rings. The Balaban J connectivity index is 2.18. The van der Waals surface area contributed by atoms with Gasteiger partial charge in [-0.1, -0.05) is 25.7 Å². The van der Waals surface area contributed by atoms with Crippen LogP contribution in [0.1, 0.15) is 51.9 Å². The summed E-state index contributed by atoms with van der Waals surface area (Å²) in [5.74, 6) is 5.70. The molecule has 0 unspecified atom stereocenters. The van der Waals surface area contributed by atoms with Crippen molar-refractivity contribution in [2.75, 3.05) is 6.54 Å². The van der Waals surface area contributed by atoms with Crippen LogP contribution >= 0.6 is 0 Å². The van der Waals surface area contributed by atoms with E-state index < -0.39 is 5.54 Å². The van der Waals surface area contributed by atoms with Gasteiger partial charge in [-0.15, -0.1) is 11.8 Å². The molecule has 3 amide bonds. The molecule has 18 heavy (non-hydrogen) atoms. The van der Waals surface area contributed by atoms with Gasteiger partial charge in [0.2, 0.25) is 0 Å². The molecule has 1 heterocycles. The van der Waals surface area contributed by atoms with E-state index in [9.17, 15) is 9.59 Å². The molecule has 1 aliphatic heterocycles. The summed E-state index contributed by atoms with van der Waals surface area (Å²) >= 11 is 0. The van der Waals surface area contributed by atoms with Crippen LogP contribution in [0.15, 0.2) is 0 Å². The second kappa shape index (κ2) is 5.43. The molecule has 0 atom stereocenters. The van der Waals surface area contributed by atoms with Crippen LogP contribution in [-0.2, 0) is 4.79 Å². The van der Waals surface area contributed by atoms with Crippen molar-refractivity contribution in [2.45, 2.75) is 57.4 Å². The van der Waals surface area contributed by atoms with E-state index in [4.69, 9.17) is 0 Å². The highest BCUT2D eigenvalue weighted by atomic mass is 16.2. The van der Waals surface area contributed by atoms with E-state index in [1.165, 1.54) is 0 Å². The first-order chi connectivity index (χ1) is 8.70. The average Bonchev–Trinajstić information content (AvgIpc) is 2.55. The first-order valence-electron chi connectivity index (χ1n) is 6.73. The van der Waals surface area contributed by atoms with E-state index in [-0.39, 0.29) is 11.9 Å². The predicted molar refractivity (Wildman–Crippen MR) is 68.7 cm³/mol. The maximum atomic E-state index is 12.1. The van der Waals surface area contributed by atoms with Crippen LogP contribution in [0.25, 0.3) is 0 Å². The quantitative estimate of drug-likeness (QED) is 0.600. The highest BCUT2D eigenvalue weighted by molar-refractivity contribution is 6.07. The predicted octanol–water partition coefficient (Wildman–Crippen LogP) is 2.04. The van der Waals surface area contributed by atoms with Gasteiger partial charge in [-0.2, -0.15) is 0 Å². The summed E-state index contributed by atoms with van der Waals surface area (Å²) in [6, 6.07) is -0.236. The molecule has 2 aliphatic rings. The minimum atomic E-state index is -0.580. The van der Waals surface area contributed by atoms with Crippen LogP contribution in [0, 0.1) is 11.8 Å². The molecule has 1 saturated carbocycles. The highest BCUT2D eigenvalue weighted by Crippen LogP contribution is 2.36. The van der Waals surface area contributed by atoms with Gasteiger partial charge in [0.05, 0.1) is 0 Å². The SMILES string of the molecule is CC#CCCN1C(=O)NC(=O)C12CCCCCC2. The lowest BCUT2D eigenvalue weighted by molar-refractivity contribution is -0.127. The standard InChI is InChI=1S/C14H20N2O2/c1-2-3-8-11-16-13(18)15-12(17)14(16)9-6-4-5-7-10-14/h4-11H2,1H3,(H,15,17,18). The Morgan fingerprint density at radius 1 is 1.22 bits per heavy atom. The number of rotatable bonds is 2. The molecule has 0 aromatic rings. The molecule has 1 spiro atoms. The second-order valence-electron chi connectivity index (χ2n) is 5.03. The summed E-state index contributed by atoms with van der Waals surface area (Å²) in [4.78, 5) is 25.8. The molecule has 98 valence electrons. The topological polar surface area (TPSA) is 49.4 Å². The van der Waals surface area contributed by atoms with Gasteiger partial charge in [0, 0.05) is 13.0 Å². The van der Waals surface area contributed by atoms with Gasteiger partial charge >= 0.3 is 6.03 Å². The Bertz CT molecular complexity index is 398. The third kappa shape index (κ3) is 2.22. The second-order valence-corrected chi connectivity index (χ2v) is 5.03. The van der Waals surface area contributed by atoms with Crippen molar-refractivity contribution >= 4 is 11.9 Å². The van der Waals surface area contributed by atoms with Gasteiger partial charge in [-0.25, -0.2) is 4.79 Å². The number of hydrogen-bond acceptors (Lipinski definition) is 2. The number of nitrogens with one attached hydrogen (secondary N) is 1. The summed E-state index contributed by atoms with van der Waals surface area (Å²) in [5, 5.41) is 2.48. The Morgan fingerprint density at radius 3 is 2.50 bits per heavy atom. The van der Waals surface area contributed by atoms with Gasteiger partial charge in [0.1, 0.15) is 5.54 Å². The summed E-state index contributed by atoms with van der Waals surface area (Å²) in [7, 11) is 0. The van der Waals surface area contributed by atoms with Crippen LogP contribution in [0.5, 0.6) is 0 Å². The van der Waals surface area contributed by atoms with E-state index >= 15 is 0 Å². The fourth-order valence-electron chi connectivity index (χ4n) is 3.02. The number of hydrogen-bond donors (Lipinski definition) is 1. The van der Waals surface area contributed by atoms with Crippen LogP contribution in [0.2, 0.25) is 0 Å². The lowest BCUT2D eigenvalue weighted by Crippen LogP contribution is -2.49. The van der Waals surface area contributed by atoms with E-state index in [0.29, 0.717) is 13.0 Å². The normalized spacial score (nSPS) is 22.4. The van der Waals surface area contributed by atoms with Crippen molar-refractivity contribution in [1.29, 1.82) is 0 Å². The average molecular weight is 248 g/mol. The van der Waals surface area contributed by atoms with E-state index in [1.807, 2.05) is 0 Å². The first kappa shape index (κ1) is 12.9. The molecule has 0 aromatic heterocycles. The molecule has 0 aromatic carbocycles. The van der Waals surface area contributed by atoms with Gasteiger partial charge in [0.15, 0.2) is 0 Å². The molecule has 1 saturated heterocycles. The van der Waals surface area contributed by atoms with Crippen molar-refractivity contribution in [1.82, 2.24) is 10.2 Å². The molecule has 2 rings (SSSR count). The van der Waals surface area contributed by atoms with E-state index in [0.717, 1.165) is 38.5 Å². The Morgan fingerprint density at radius 2 is 1.89 bits per heavy atom. The molecular formula is C14H20N2O2. The molecule has 0 radical (unpaired) electrons. The number of nitrogens with zero attached hydrogens (tertiary/aromatic N) is 1. The van der Waals surface area contributed by atoms with E-state index in [2.05, 4.69) is 17.2 Å². The number of urea groups is 1. The maximum Gasteiger partial charge on any atom is 0.325 e. The summed E-state index contributed by atoms with van der Waals surface area (Å²) < 4.78 is 0. The molecule has 4 heteroatoms. The number of carbonyl (C=O) groups is 2. The summed E-state index contributed by atoms with van der Waals surface area (Å²) in [6.07, 6.45) is 6.60. The van der Waals surface area contributed by atoms with Gasteiger partial charge in [0.25, 0.3) is 5.91 Å². The first-order valence-corrected chi connectivity index (χ1v) is 6.73. The third-order valence-electron chi connectivity index (χ3n) is 3.97. The zero-order valence-corrected chi connectivity index (χ0v) is 10.9. The summed E-state index contributed by atoms with van der Waals surface area (Å²) in [5.41, 5.74) is -0.580. The van der Waals surface area contributed by atoms with Crippen molar-refractivity contribution in [2.24, 2.45) is 0 Å². The minimum absolute atomic E-state index is 0.0983. The third-order valence-corrected chi connectivity index (χ3v) is 3.97. The lowest BCUT2D eigenvalue weighted by atomic mass is 9.88. The van der Waals surface area contributed by atoms with Gasteiger partial charge in [-0.05, 0) is 19.8 Å². The Hall–Kier alpha value is -1.50. The van der Waals surface area contributed by atoms with Crippen LogP contribution in [-0.4, -0.2) is 28.9 Å². The molecule has 1 N–H and O–H groups in total. The van der Waals surface area contributed by atoms with Gasteiger partial charge in [-0.3, -0.25) is 10.1 Å². The molecule has 4 nitrogen and oxygen atoms in total. The van der Waals surface area contributed by atoms with Crippen molar-refractivity contribution in [3.05, 3.63) is 0 Å². The van der Waals surface area contributed by atoms with Crippen molar-refractivity contribution in [3.8, 4) is 11.8 Å². The fraction of sp³-hybridized carbons (Fsp3) is 0.714. The smallest absolute Gasteiger partial charge is 0.309 e. The van der Waals surface area contributed by atoms with Gasteiger partial charge < -0.3 is 4.90 Å². The van der Waals surface area contributed by atoms with Crippen molar-refractivity contribution < 1.29 is 9.59 Å². The molecule has 0 bridgehead atoms. The highest BCUT2D eigenvalue weighted by Gasteiger charge is 2.51. The van der Waals surface area contributed by atoms with Crippen molar-refractivity contribution in [3.63, 3.8) is 0 Å². The number of carbonyl (C=O) groups excluding carboxylic acids is 2. The Kier molecular flexibility index (Phi) is 3.90. The Labute approximate surface area is 108 Å². The summed E-state index contributed by atoms with van der Waals surface area (Å²) in [6.45, 7) is 2.34. The zero-order chi connectivity index (χ0) is 13.0.